The first-order valence-corrected chi connectivity index (χ1v) is 3.71. The molecular formula is C6H7BrO4. The van der Waals surface area contributed by atoms with Gasteiger partial charge >= 0.3 is 11.9 Å². The summed E-state index contributed by atoms with van der Waals surface area (Å²) in [7, 11) is 0. The van der Waals surface area contributed by atoms with Crippen LogP contribution >= 0.6 is 15.9 Å². The summed E-state index contributed by atoms with van der Waals surface area (Å²) in [4.78, 5) is 31.0. The fourth-order valence-electron chi connectivity index (χ4n) is 0.412. The largest absolute Gasteiger partial charge is 0.393 e. The van der Waals surface area contributed by atoms with Gasteiger partial charge < -0.3 is 4.74 Å². The molecule has 62 valence electrons. The average Bonchev–Trinajstić information content (AvgIpc) is 1.82. The van der Waals surface area contributed by atoms with Crippen LogP contribution in [0.25, 0.3) is 0 Å². The number of carbonyl (C=O) groups is 3. The van der Waals surface area contributed by atoms with E-state index in [1.165, 1.54) is 0 Å². The van der Waals surface area contributed by atoms with Crippen molar-refractivity contribution in [1.29, 1.82) is 0 Å². The van der Waals surface area contributed by atoms with Crippen LogP contribution < -0.4 is 0 Å². The summed E-state index contributed by atoms with van der Waals surface area (Å²) in [5.41, 5.74) is 0. The molecular weight excluding hydrogens is 216 g/mol. The highest BCUT2D eigenvalue weighted by Gasteiger charge is 2.07. The van der Waals surface area contributed by atoms with Crippen molar-refractivity contribution in [2.45, 2.75) is 19.8 Å². The highest BCUT2D eigenvalue weighted by atomic mass is 79.9. The zero-order chi connectivity index (χ0) is 8.85. The zero-order valence-electron chi connectivity index (χ0n) is 5.93. The number of halogens is 1. The number of esters is 2. The van der Waals surface area contributed by atoms with Crippen molar-refractivity contribution in [1.82, 2.24) is 0 Å². The second-order valence-corrected chi connectivity index (χ2v) is 2.71. The molecule has 4 nitrogen and oxygen atoms in total. The van der Waals surface area contributed by atoms with Gasteiger partial charge in [0.25, 0.3) is 0 Å². The van der Waals surface area contributed by atoms with E-state index in [1.807, 2.05) is 0 Å². The van der Waals surface area contributed by atoms with E-state index >= 15 is 0 Å². The Kier molecular flexibility index (Phi) is 4.69. The zero-order valence-corrected chi connectivity index (χ0v) is 7.51. The molecule has 0 bridgehead atoms. The van der Waals surface area contributed by atoms with Crippen LogP contribution in [-0.2, 0) is 19.1 Å². The highest BCUT2D eigenvalue weighted by molar-refractivity contribution is 9.18. The summed E-state index contributed by atoms with van der Waals surface area (Å²) >= 11 is 2.64. The first kappa shape index (κ1) is 10.3. The summed E-state index contributed by atoms with van der Waals surface area (Å²) in [6.07, 6.45) is -0.0181. The third-order valence-corrected chi connectivity index (χ3v) is 1.18. The van der Waals surface area contributed by atoms with Gasteiger partial charge in [0, 0.05) is 13.3 Å². The maximum atomic E-state index is 10.5. The molecule has 0 unspecified atom stereocenters. The third kappa shape index (κ3) is 7.18. The van der Waals surface area contributed by atoms with E-state index < -0.39 is 11.9 Å². The van der Waals surface area contributed by atoms with E-state index in [-0.39, 0.29) is 17.5 Å². The number of hydrogen-bond donors (Lipinski definition) is 0. The van der Waals surface area contributed by atoms with E-state index in [0.29, 0.717) is 0 Å². The molecule has 0 aromatic rings. The van der Waals surface area contributed by atoms with E-state index in [0.717, 1.165) is 6.92 Å². The minimum atomic E-state index is -0.676. The monoisotopic (exact) mass is 222 g/mol. The molecule has 0 saturated heterocycles. The first-order chi connectivity index (χ1) is 5.02. The van der Waals surface area contributed by atoms with Crippen molar-refractivity contribution in [2.75, 3.05) is 0 Å². The van der Waals surface area contributed by atoms with Gasteiger partial charge in [-0.1, -0.05) is 0 Å². The van der Waals surface area contributed by atoms with Gasteiger partial charge in [-0.2, -0.15) is 0 Å². The molecule has 5 heteroatoms. The lowest BCUT2D eigenvalue weighted by Gasteiger charge is -1.95. The molecule has 0 saturated carbocycles. The Morgan fingerprint density at radius 1 is 1.27 bits per heavy atom. The van der Waals surface area contributed by atoms with Gasteiger partial charge in [0.15, 0.2) is 4.69 Å². The lowest BCUT2D eigenvalue weighted by atomic mass is 10.3. The molecule has 11 heavy (non-hydrogen) atoms. The van der Waals surface area contributed by atoms with E-state index in [4.69, 9.17) is 0 Å². The molecule has 0 amide bonds. The van der Waals surface area contributed by atoms with Gasteiger partial charge in [-0.05, 0) is 15.9 Å². The highest BCUT2D eigenvalue weighted by Crippen LogP contribution is 1.98. The fraction of sp³-hybridized carbons (Fsp3) is 0.500. The average molecular weight is 223 g/mol. The maximum Gasteiger partial charge on any atom is 0.313 e. The van der Waals surface area contributed by atoms with E-state index in [2.05, 4.69) is 20.7 Å². The van der Waals surface area contributed by atoms with Gasteiger partial charge in [-0.3, -0.25) is 14.4 Å². The van der Waals surface area contributed by atoms with Crippen molar-refractivity contribution in [3.63, 3.8) is 0 Å². The molecule has 0 aliphatic heterocycles. The van der Waals surface area contributed by atoms with Crippen LogP contribution in [0.2, 0.25) is 0 Å². The Bertz CT molecular complexity index is 187. The number of hydrogen-bond acceptors (Lipinski definition) is 4. The van der Waals surface area contributed by atoms with Crippen molar-refractivity contribution in [3.05, 3.63) is 0 Å². The normalized spacial score (nSPS) is 8.91. The number of rotatable bonds is 3. The second-order valence-electron chi connectivity index (χ2n) is 1.82. The van der Waals surface area contributed by atoms with Crippen LogP contribution in [0.15, 0.2) is 0 Å². The lowest BCUT2D eigenvalue weighted by molar-refractivity contribution is -0.158. The van der Waals surface area contributed by atoms with Crippen LogP contribution in [0, 0.1) is 0 Å². The Labute approximate surface area is 72.0 Å². The van der Waals surface area contributed by atoms with Gasteiger partial charge in [-0.25, -0.2) is 0 Å². The van der Waals surface area contributed by atoms with Crippen molar-refractivity contribution >= 4 is 32.6 Å². The summed E-state index contributed by atoms with van der Waals surface area (Å²) in [6, 6.07) is 0. The number of ether oxygens (including phenoxy) is 1. The molecule has 0 rings (SSSR count). The quantitative estimate of drug-likeness (QED) is 0.403. The Hall–Kier alpha value is -0.710. The van der Waals surface area contributed by atoms with Crippen LogP contribution in [0.5, 0.6) is 0 Å². The molecule has 0 N–H and O–H groups in total. The second kappa shape index (κ2) is 5.01. The predicted octanol–water partition coefficient (Wildman–Crippen LogP) is 0.778. The minimum absolute atomic E-state index is 0.0477. The standard InChI is InChI=1S/C6H7BrO4/c1-4(8)11-6(10)3-2-5(7)9/h2-3H2,1H3. The summed E-state index contributed by atoms with van der Waals surface area (Å²) in [5.74, 6) is -1.33. The Morgan fingerprint density at radius 3 is 2.18 bits per heavy atom. The van der Waals surface area contributed by atoms with Crippen LogP contribution in [0.3, 0.4) is 0 Å². The summed E-state index contributed by atoms with van der Waals surface area (Å²) in [6.45, 7) is 1.13. The van der Waals surface area contributed by atoms with Crippen LogP contribution in [0.4, 0.5) is 0 Å². The van der Waals surface area contributed by atoms with Crippen LogP contribution in [0.1, 0.15) is 19.8 Å². The Balaban J connectivity index is 3.53. The van der Waals surface area contributed by atoms with Crippen LogP contribution in [-0.4, -0.2) is 16.6 Å². The van der Waals surface area contributed by atoms with Crippen molar-refractivity contribution < 1.29 is 19.1 Å². The molecule has 0 spiro atoms. The summed E-state index contributed by atoms with van der Waals surface area (Å²) < 4.78 is 3.87. The number of carbonyl (C=O) groups excluding carboxylic acids is 3. The smallest absolute Gasteiger partial charge is 0.313 e. The molecule has 0 atom stereocenters. The maximum absolute atomic E-state index is 10.5. The van der Waals surface area contributed by atoms with Gasteiger partial charge in [0.1, 0.15) is 0 Å². The predicted molar refractivity (Wildman–Crippen MR) is 39.9 cm³/mol. The molecule has 0 aliphatic rings. The SMILES string of the molecule is CC(=O)OC(=O)CCC(=O)Br. The molecule has 0 radical (unpaired) electrons. The Morgan fingerprint density at radius 2 is 1.82 bits per heavy atom. The lowest BCUT2D eigenvalue weighted by Crippen LogP contribution is -2.09. The molecule has 0 aliphatic carbocycles. The molecule has 0 aromatic heterocycles. The fourth-order valence-corrected chi connectivity index (χ4v) is 0.610. The van der Waals surface area contributed by atoms with E-state index in [9.17, 15) is 14.4 Å². The van der Waals surface area contributed by atoms with Gasteiger partial charge in [0.05, 0.1) is 6.42 Å². The van der Waals surface area contributed by atoms with Crippen molar-refractivity contribution in [2.24, 2.45) is 0 Å². The van der Waals surface area contributed by atoms with Gasteiger partial charge in [0.2, 0.25) is 0 Å². The third-order valence-electron chi connectivity index (χ3n) is 0.783. The molecule has 0 fully saturated rings. The first-order valence-electron chi connectivity index (χ1n) is 2.92. The van der Waals surface area contributed by atoms with Gasteiger partial charge in [-0.15, -0.1) is 0 Å². The molecule has 0 aromatic carbocycles. The van der Waals surface area contributed by atoms with Crippen molar-refractivity contribution in [3.8, 4) is 0 Å². The summed E-state index contributed by atoms with van der Waals surface area (Å²) in [5, 5.41) is 0. The minimum Gasteiger partial charge on any atom is -0.393 e. The topological polar surface area (TPSA) is 60.4 Å². The molecule has 0 heterocycles. The van der Waals surface area contributed by atoms with E-state index in [1.54, 1.807) is 0 Å².